The first-order valence-corrected chi connectivity index (χ1v) is 6.89. The van der Waals surface area contributed by atoms with E-state index in [0.29, 0.717) is 24.7 Å². The molecule has 19 heavy (non-hydrogen) atoms. The molecule has 1 heterocycles. The van der Waals surface area contributed by atoms with Crippen molar-refractivity contribution in [3.05, 3.63) is 34.9 Å². The van der Waals surface area contributed by atoms with E-state index in [1.54, 1.807) is 0 Å². The molecule has 6 heteroatoms. The van der Waals surface area contributed by atoms with Gasteiger partial charge in [0.05, 0.1) is 6.61 Å². The van der Waals surface area contributed by atoms with Gasteiger partial charge in [0.2, 0.25) is 0 Å². The fourth-order valence-electron chi connectivity index (χ4n) is 1.81. The number of nitrogens with one attached hydrogen (secondary N) is 2. The molecule has 0 aliphatic carbocycles. The quantitative estimate of drug-likeness (QED) is 0.654. The van der Waals surface area contributed by atoms with Gasteiger partial charge < -0.3 is 15.4 Å². The Morgan fingerprint density at radius 1 is 1.42 bits per heavy atom. The lowest BCUT2D eigenvalue weighted by molar-refractivity contribution is -0.139. The molecule has 2 rings (SSSR count). The molecular formula is C13H15ClN2O2S. The van der Waals surface area contributed by atoms with Gasteiger partial charge in [0.15, 0.2) is 5.11 Å². The van der Waals surface area contributed by atoms with Crippen molar-refractivity contribution < 1.29 is 9.53 Å². The minimum absolute atomic E-state index is 0.234. The molecule has 0 radical (unpaired) electrons. The highest BCUT2D eigenvalue weighted by molar-refractivity contribution is 7.80. The van der Waals surface area contributed by atoms with Gasteiger partial charge >= 0.3 is 5.97 Å². The van der Waals surface area contributed by atoms with Crippen molar-refractivity contribution in [1.29, 1.82) is 0 Å². The molecule has 0 amide bonds. The van der Waals surface area contributed by atoms with E-state index in [-0.39, 0.29) is 12.0 Å². The summed E-state index contributed by atoms with van der Waals surface area (Å²) in [4.78, 5) is 11.3. The molecule has 1 atom stereocenters. The van der Waals surface area contributed by atoms with Crippen LogP contribution < -0.4 is 10.6 Å². The lowest BCUT2D eigenvalue weighted by atomic mass is 10.1. The summed E-state index contributed by atoms with van der Waals surface area (Å²) in [5.74, 6) is -0.234. The van der Waals surface area contributed by atoms with Crippen molar-refractivity contribution in [3.8, 4) is 0 Å². The summed E-state index contributed by atoms with van der Waals surface area (Å²) >= 11 is 10.9. The number of benzene rings is 1. The van der Waals surface area contributed by atoms with E-state index < -0.39 is 0 Å². The van der Waals surface area contributed by atoms with Crippen molar-refractivity contribution in [3.63, 3.8) is 0 Å². The number of halogens is 1. The maximum absolute atomic E-state index is 11.3. The van der Waals surface area contributed by atoms with Crippen LogP contribution in [0.4, 0.5) is 0 Å². The largest absolute Gasteiger partial charge is 0.464 e. The zero-order valence-corrected chi connectivity index (χ0v) is 11.9. The van der Waals surface area contributed by atoms with E-state index in [4.69, 9.17) is 28.6 Å². The van der Waals surface area contributed by atoms with E-state index in [9.17, 15) is 4.79 Å². The van der Waals surface area contributed by atoms with Gasteiger partial charge in [-0.3, -0.25) is 0 Å². The Hall–Kier alpha value is -1.33. The first kappa shape index (κ1) is 14.1. The van der Waals surface area contributed by atoms with E-state index in [2.05, 4.69) is 10.6 Å². The molecule has 1 aliphatic heterocycles. The summed E-state index contributed by atoms with van der Waals surface area (Å²) in [6.45, 7) is 1.17. The zero-order valence-electron chi connectivity index (χ0n) is 10.3. The minimum Gasteiger partial charge on any atom is -0.464 e. The van der Waals surface area contributed by atoms with Crippen molar-refractivity contribution in [2.45, 2.75) is 18.9 Å². The van der Waals surface area contributed by atoms with E-state index >= 15 is 0 Å². The summed E-state index contributed by atoms with van der Waals surface area (Å²) in [5, 5.41) is 7.24. The van der Waals surface area contributed by atoms with Gasteiger partial charge in [-0.25, -0.2) is 4.79 Å². The SMILES string of the molecule is O=C1OCCC1NC(=S)NCCc1ccc(Cl)cc1. The molecule has 0 spiro atoms. The Morgan fingerprint density at radius 2 is 2.16 bits per heavy atom. The Kier molecular flexibility index (Phi) is 4.99. The lowest BCUT2D eigenvalue weighted by Crippen LogP contribution is -2.44. The number of carbonyl (C=O) groups excluding carboxylic acids is 1. The maximum atomic E-state index is 11.3. The molecule has 1 unspecified atom stereocenters. The monoisotopic (exact) mass is 298 g/mol. The maximum Gasteiger partial charge on any atom is 0.328 e. The molecule has 0 aromatic heterocycles. The standard InChI is InChI=1S/C13H15ClN2O2S/c14-10-3-1-9(2-4-10)5-7-15-13(19)16-11-6-8-18-12(11)17/h1-4,11H,5-8H2,(H2,15,16,19). The second-order valence-electron chi connectivity index (χ2n) is 4.29. The van der Waals surface area contributed by atoms with Crippen LogP contribution in [0.15, 0.2) is 24.3 Å². The topological polar surface area (TPSA) is 50.4 Å². The third-order valence-electron chi connectivity index (χ3n) is 2.85. The fourth-order valence-corrected chi connectivity index (χ4v) is 2.18. The molecule has 1 aromatic carbocycles. The normalized spacial score (nSPS) is 17.9. The number of hydrogen-bond donors (Lipinski definition) is 2. The summed E-state index contributed by atoms with van der Waals surface area (Å²) < 4.78 is 4.85. The van der Waals surface area contributed by atoms with Gasteiger partial charge in [-0.1, -0.05) is 23.7 Å². The summed E-state index contributed by atoms with van der Waals surface area (Å²) in [7, 11) is 0. The summed E-state index contributed by atoms with van der Waals surface area (Å²) in [6, 6.07) is 7.38. The van der Waals surface area contributed by atoms with Crippen LogP contribution in [0.2, 0.25) is 5.02 Å². The van der Waals surface area contributed by atoms with Crippen LogP contribution in [0.25, 0.3) is 0 Å². The predicted molar refractivity (Wildman–Crippen MR) is 78.3 cm³/mol. The molecule has 1 aromatic rings. The van der Waals surface area contributed by atoms with E-state index in [1.165, 1.54) is 5.56 Å². The minimum atomic E-state index is -0.310. The molecular weight excluding hydrogens is 284 g/mol. The molecule has 1 aliphatic rings. The molecule has 102 valence electrons. The highest BCUT2D eigenvalue weighted by Gasteiger charge is 2.26. The fraction of sp³-hybridized carbons (Fsp3) is 0.385. The molecule has 1 saturated heterocycles. The van der Waals surface area contributed by atoms with Crippen molar-refractivity contribution in [2.24, 2.45) is 0 Å². The number of thiocarbonyl (C=S) groups is 1. The van der Waals surface area contributed by atoms with Crippen LogP contribution in [0.1, 0.15) is 12.0 Å². The van der Waals surface area contributed by atoms with E-state index in [1.807, 2.05) is 24.3 Å². The van der Waals surface area contributed by atoms with Crippen molar-refractivity contribution >= 4 is 34.9 Å². The third-order valence-corrected chi connectivity index (χ3v) is 3.37. The van der Waals surface area contributed by atoms with Crippen LogP contribution in [0.3, 0.4) is 0 Å². The first-order valence-electron chi connectivity index (χ1n) is 6.10. The van der Waals surface area contributed by atoms with E-state index in [0.717, 1.165) is 11.4 Å². The van der Waals surface area contributed by atoms with Crippen LogP contribution in [-0.2, 0) is 16.0 Å². The highest BCUT2D eigenvalue weighted by Crippen LogP contribution is 2.09. The summed E-state index contributed by atoms with van der Waals surface area (Å²) in [6.07, 6.45) is 1.51. The van der Waals surface area contributed by atoms with Gasteiger partial charge in [-0.2, -0.15) is 0 Å². The summed E-state index contributed by atoms with van der Waals surface area (Å²) in [5.41, 5.74) is 1.18. The molecule has 1 fully saturated rings. The average molecular weight is 299 g/mol. The molecule has 4 nitrogen and oxygen atoms in total. The smallest absolute Gasteiger partial charge is 0.328 e. The van der Waals surface area contributed by atoms with Gasteiger partial charge in [0.1, 0.15) is 6.04 Å². The van der Waals surface area contributed by atoms with Crippen LogP contribution in [-0.4, -0.2) is 30.3 Å². The first-order chi connectivity index (χ1) is 9.15. The Balaban J connectivity index is 1.69. The Bertz CT molecular complexity index is 464. The van der Waals surface area contributed by atoms with Gasteiger partial charge in [0, 0.05) is 18.0 Å². The van der Waals surface area contributed by atoms with Gasteiger partial charge in [-0.05, 0) is 36.3 Å². The van der Waals surface area contributed by atoms with Gasteiger partial charge in [-0.15, -0.1) is 0 Å². The molecule has 0 saturated carbocycles. The number of rotatable bonds is 4. The van der Waals surface area contributed by atoms with Crippen LogP contribution in [0.5, 0.6) is 0 Å². The van der Waals surface area contributed by atoms with Crippen LogP contribution >= 0.6 is 23.8 Å². The third kappa shape index (κ3) is 4.36. The van der Waals surface area contributed by atoms with Crippen LogP contribution in [0, 0.1) is 0 Å². The number of hydrogen-bond acceptors (Lipinski definition) is 3. The average Bonchev–Trinajstić information content (AvgIpc) is 2.78. The number of esters is 1. The number of carbonyl (C=O) groups is 1. The Labute approximate surface area is 122 Å². The Morgan fingerprint density at radius 3 is 2.79 bits per heavy atom. The zero-order chi connectivity index (χ0) is 13.7. The highest BCUT2D eigenvalue weighted by atomic mass is 35.5. The van der Waals surface area contributed by atoms with Crippen molar-refractivity contribution in [2.75, 3.05) is 13.2 Å². The van der Waals surface area contributed by atoms with Crippen molar-refractivity contribution in [1.82, 2.24) is 10.6 Å². The second kappa shape index (κ2) is 6.73. The lowest BCUT2D eigenvalue weighted by Gasteiger charge is -2.13. The predicted octanol–water partition coefficient (Wildman–Crippen LogP) is 1.66. The molecule has 0 bridgehead atoms. The second-order valence-corrected chi connectivity index (χ2v) is 5.13. The molecule has 2 N–H and O–H groups in total. The number of ether oxygens (including phenoxy) is 1. The van der Waals surface area contributed by atoms with Gasteiger partial charge in [0.25, 0.3) is 0 Å². The number of cyclic esters (lactones) is 1.